The van der Waals surface area contributed by atoms with E-state index in [0.29, 0.717) is 12.5 Å². The third kappa shape index (κ3) is 4.92. The topological polar surface area (TPSA) is 46.2 Å². The minimum atomic E-state index is -0.293. The van der Waals surface area contributed by atoms with Gasteiger partial charge in [0.2, 0.25) is 0 Å². The van der Waals surface area contributed by atoms with Crippen LogP contribution in [0.5, 0.6) is 0 Å². The fourth-order valence-electron chi connectivity index (χ4n) is 1.50. The van der Waals surface area contributed by atoms with E-state index in [9.17, 15) is 5.11 Å². The Kier molecular flexibility index (Phi) is 6.66. The first-order valence-corrected chi connectivity index (χ1v) is 4.95. The molecule has 3 N–H and O–H groups in total. The van der Waals surface area contributed by atoms with Gasteiger partial charge in [0.25, 0.3) is 0 Å². The zero-order chi connectivity index (χ0) is 10.3. The van der Waals surface area contributed by atoms with Crippen LogP contribution in [0.25, 0.3) is 0 Å². The van der Waals surface area contributed by atoms with Gasteiger partial charge in [0.05, 0.1) is 6.10 Å². The maximum Gasteiger partial charge on any atom is 0.0583 e. The maximum absolute atomic E-state index is 9.76. The van der Waals surface area contributed by atoms with Crippen molar-refractivity contribution >= 4 is 0 Å². The molecule has 0 aromatic carbocycles. The van der Waals surface area contributed by atoms with Gasteiger partial charge in [-0.1, -0.05) is 13.8 Å². The van der Waals surface area contributed by atoms with Gasteiger partial charge < -0.3 is 10.8 Å². The van der Waals surface area contributed by atoms with E-state index in [1.807, 2.05) is 0 Å². The lowest BCUT2D eigenvalue weighted by molar-refractivity contribution is 0.0769. The van der Waals surface area contributed by atoms with Gasteiger partial charge in [-0.3, -0.25) is 0 Å². The van der Waals surface area contributed by atoms with E-state index in [0.717, 1.165) is 19.3 Å². The van der Waals surface area contributed by atoms with Crippen LogP contribution in [-0.2, 0) is 0 Å². The highest BCUT2D eigenvalue weighted by Gasteiger charge is 2.20. The zero-order valence-corrected chi connectivity index (χ0v) is 8.66. The van der Waals surface area contributed by atoms with Gasteiger partial charge in [0.15, 0.2) is 0 Å². The molecular weight excluding hydrogens is 162 g/mol. The summed E-state index contributed by atoms with van der Waals surface area (Å²) in [6.07, 6.45) is 7.23. The van der Waals surface area contributed by atoms with Crippen LogP contribution in [0.15, 0.2) is 0 Å². The van der Waals surface area contributed by atoms with Gasteiger partial charge in [0, 0.05) is 6.42 Å². The molecule has 0 spiro atoms. The Bertz CT molecular complexity index is 160. The SMILES string of the molecule is C#CCCCC(O)C(CN)C(C)C. The molecule has 2 heteroatoms. The number of aliphatic hydroxyl groups excluding tert-OH is 1. The molecule has 0 aromatic rings. The summed E-state index contributed by atoms with van der Waals surface area (Å²) < 4.78 is 0. The zero-order valence-electron chi connectivity index (χ0n) is 8.66. The molecule has 2 atom stereocenters. The fraction of sp³-hybridized carbons (Fsp3) is 0.818. The first-order chi connectivity index (χ1) is 6.13. The normalized spacial score (nSPS) is 15.4. The predicted octanol–water partition coefficient (Wildman–Crippen LogP) is 1.38. The van der Waals surface area contributed by atoms with Crippen molar-refractivity contribution in [3.05, 3.63) is 0 Å². The second-order valence-electron chi connectivity index (χ2n) is 3.81. The molecule has 2 nitrogen and oxygen atoms in total. The molecule has 2 unspecified atom stereocenters. The Morgan fingerprint density at radius 2 is 2.08 bits per heavy atom. The number of unbranched alkanes of at least 4 members (excludes halogenated alkanes) is 1. The van der Waals surface area contributed by atoms with Crippen LogP contribution in [0.3, 0.4) is 0 Å². The van der Waals surface area contributed by atoms with E-state index in [1.165, 1.54) is 0 Å². The number of rotatable bonds is 6. The predicted molar refractivity (Wildman–Crippen MR) is 56.1 cm³/mol. The molecule has 0 fully saturated rings. The largest absolute Gasteiger partial charge is 0.393 e. The van der Waals surface area contributed by atoms with Crippen LogP contribution in [0.4, 0.5) is 0 Å². The van der Waals surface area contributed by atoms with Gasteiger partial charge >= 0.3 is 0 Å². The number of hydrogen-bond donors (Lipinski definition) is 2. The summed E-state index contributed by atoms with van der Waals surface area (Å²) in [7, 11) is 0. The Labute approximate surface area is 81.5 Å². The second-order valence-corrected chi connectivity index (χ2v) is 3.81. The van der Waals surface area contributed by atoms with Gasteiger partial charge in [-0.05, 0) is 31.2 Å². The summed E-state index contributed by atoms with van der Waals surface area (Å²) in [4.78, 5) is 0. The quantitative estimate of drug-likeness (QED) is 0.483. The van der Waals surface area contributed by atoms with Crippen molar-refractivity contribution in [3.8, 4) is 12.3 Å². The summed E-state index contributed by atoms with van der Waals surface area (Å²) in [6.45, 7) is 4.72. The average molecular weight is 183 g/mol. The van der Waals surface area contributed by atoms with Gasteiger partial charge in [0.1, 0.15) is 0 Å². The molecule has 0 heterocycles. The highest BCUT2D eigenvalue weighted by Crippen LogP contribution is 2.18. The van der Waals surface area contributed by atoms with E-state index in [2.05, 4.69) is 19.8 Å². The van der Waals surface area contributed by atoms with Crippen molar-refractivity contribution < 1.29 is 5.11 Å². The molecule has 0 amide bonds. The van der Waals surface area contributed by atoms with Crippen molar-refractivity contribution in [1.29, 1.82) is 0 Å². The van der Waals surface area contributed by atoms with Crippen molar-refractivity contribution in [3.63, 3.8) is 0 Å². The highest BCUT2D eigenvalue weighted by atomic mass is 16.3. The summed E-state index contributed by atoms with van der Waals surface area (Å²) in [5.74, 6) is 3.21. The molecule has 0 aromatic heterocycles. The molecule has 0 radical (unpaired) electrons. The molecular formula is C11H21NO. The van der Waals surface area contributed by atoms with Crippen molar-refractivity contribution in [1.82, 2.24) is 0 Å². The lowest BCUT2D eigenvalue weighted by Crippen LogP contribution is -2.31. The molecule has 0 aliphatic carbocycles. The second kappa shape index (κ2) is 6.94. The van der Waals surface area contributed by atoms with E-state index < -0.39 is 0 Å². The minimum Gasteiger partial charge on any atom is -0.393 e. The Hall–Kier alpha value is -0.520. The van der Waals surface area contributed by atoms with E-state index >= 15 is 0 Å². The number of terminal acetylenes is 1. The maximum atomic E-state index is 9.76. The van der Waals surface area contributed by atoms with Crippen LogP contribution < -0.4 is 5.73 Å². The molecule has 0 bridgehead atoms. The summed E-state index contributed by atoms with van der Waals surface area (Å²) >= 11 is 0. The Morgan fingerprint density at radius 3 is 2.46 bits per heavy atom. The van der Waals surface area contributed by atoms with E-state index in [4.69, 9.17) is 12.2 Å². The fourth-order valence-corrected chi connectivity index (χ4v) is 1.50. The monoisotopic (exact) mass is 183 g/mol. The first kappa shape index (κ1) is 12.5. The number of nitrogens with two attached hydrogens (primary N) is 1. The Balaban J connectivity index is 3.78. The lowest BCUT2D eigenvalue weighted by atomic mass is 9.88. The van der Waals surface area contributed by atoms with Gasteiger partial charge in [-0.2, -0.15) is 0 Å². The van der Waals surface area contributed by atoms with Crippen molar-refractivity contribution in [2.24, 2.45) is 17.6 Å². The summed E-state index contributed by atoms with van der Waals surface area (Å²) in [5, 5.41) is 9.76. The minimum absolute atomic E-state index is 0.206. The van der Waals surface area contributed by atoms with Crippen LogP contribution in [-0.4, -0.2) is 17.8 Å². The summed E-state index contributed by atoms with van der Waals surface area (Å²) in [6, 6.07) is 0. The standard InChI is InChI=1S/C11H21NO/c1-4-5-6-7-11(13)10(8-12)9(2)3/h1,9-11,13H,5-8,12H2,2-3H3. The third-order valence-corrected chi connectivity index (χ3v) is 2.44. The van der Waals surface area contributed by atoms with Gasteiger partial charge in [-0.15, -0.1) is 12.3 Å². The third-order valence-electron chi connectivity index (χ3n) is 2.44. The molecule has 0 saturated carbocycles. The lowest BCUT2D eigenvalue weighted by Gasteiger charge is -2.24. The molecule has 0 saturated heterocycles. The first-order valence-electron chi connectivity index (χ1n) is 4.95. The van der Waals surface area contributed by atoms with Crippen molar-refractivity contribution in [2.45, 2.75) is 39.2 Å². The van der Waals surface area contributed by atoms with E-state index in [1.54, 1.807) is 0 Å². The Morgan fingerprint density at radius 1 is 1.46 bits per heavy atom. The van der Waals surface area contributed by atoms with Crippen LogP contribution >= 0.6 is 0 Å². The molecule has 0 aliphatic rings. The molecule has 0 rings (SSSR count). The van der Waals surface area contributed by atoms with Crippen LogP contribution in [0, 0.1) is 24.2 Å². The van der Waals surface area contributed by atoms with E-state index in [-0.39, 0.29) is 12.0 Å². The van der Waals surface area contributed by atoms with Crippen LogP contribution in [0.2, 0.25) is 0 Å². The smallest absolute Gasteiger partial charge is 0.0583 e. The number of hydrogen-bond acceptors (Lipinski definition) is 2. The average Bonchev–Trinajstić information content (AvgIpc) is 2.05. The van der Waals surface area contributed by atoms with Gasteiger partial charge in [-0.25, -0.2) is 0 Å². The molecule has 0 aliphatic heterocycles. The van der Waals surface area contributed by atoms with Crippen molar-refractivity contribution in [2.75, 3.05) is 6.54 Å². The molecule has 76 valence electrons. The molecule has 13 heavy (non-hydrogen) atoms. The summed E-state index contributed by atoms with van der Waals surface area (Å²) in [5.41, 5.74) is 5.58. The van der Waals surface area contributed by atoms with Crippen LogP contribution in [0.1, 0.15) is 33.1 Å². The number of aliphatic hydroxyl groups is 1. The highest BCUT2D eigenvalue weighted by molar-refractivity contribution is 4.84.